The molecule has 0 saturated carbocycles. The van der Waals surface area contributed by atoms with Gasteiger partial charge in [0.15, 0.2) is 4.77 Å². The van der Waals surface area contributed by atoms with Gasteiger partial charge >= 0.3 is 0 Å². The molecular weight excluding hydrogens is 262 g/mol. The van der Waals surface area contributed by atoms with E-state index in [9.17, 15) is 0 Å². The SMILES string of the molecule is Cc1cc(Br)ccc1-n1cn[nH]c1=S. The van der Waals surface area contributed by atoms with Gasteiger partial charge in [-0.15, -0.1) is 0 Å². The van der Waals surface area contributed by atoms with Gasteiger partial charge in [0.05, 0.1) is 5.69 Å². The van der Waals surface area contributed by atoms with Crippen molar-refractivity contribution in [3.8, 4) is 5.69 Å². The number of hydrogen-bond acceptors (Lipinski definition) is 2. The van der Waals surface area contributed by atoms with Crippen molar-refractivity contribution < 1.29 is 0 Å². The fourth-order valence-electron chi connectivity index (χ4n) is 1.31. The molecule has 0 saturated heterocycles. The van der Waals surface area contributed by atoms with Crippen LogP contribution in [0.4, 0.5) is 0 Å². The van der Waals surface area contributed by atoms with Crippen molar-refractivity contribution in [3.05, 3.63) is 39.3 Å². The minimum absolute atomic E-state index is 0.607. The van der Waals surface area contributed by atoms with Gasteiger partial charge in [0.1, 0.15) is 6.33 Å². The van der Waals surface area contributed by atoms with Crippen LogP contribution in [0.5, 0.6) is 0 Å². The first-order valence-corrected chi connectivity index (χ1v) is 5.27. The summed E-state index contributed by atoms with van der Waals surface area (Å²) >= 11 is 8.51. The van der Waals surface area contributed by atoms with Crippen molar-refractivity contribution in [2.75, 3.05) is 0 Å². The molecule has 0 bridgehead atoms. The average Bonchev–Trinajstić information content (AvgIpc) is 2.52. The van der Waals surface area contributed by atoms with Crippen molar-refractivity contribution in [1.82, 2.24) is 14.8 Å². The summed E-state index contributed by atoms with van der Waals surface area (Å²) in [5.74, 6) is 0. The lowest BCUT2D eigenvalue weighted by Crippen LogP contribution is -1.95. The van der Waals surface area contributed by atoms with Crippen LogP contribution in [0.2, 0.25) is 0 Å². The lowest BCUT2D eigenvalue weighted by atomic mass is 10.2. The Morgan fingerprint density at radius 2 is 2.29 bits per heavy atom. The van der Waals surface area contributed by atoms with Gasteiger partial charge in [0, 0.05) is 4.47 Å². The first kappa shape index (κ1) is 9.61. The molecule has 1 aromatic heterocycles. The third kappa shape index (κ3) is 1.65. The monoisotopic (exact) mass is 269 g/mol. The Balaban J connectivity index is 2.63. The summed E-state index contributed by atoms with van der Waals surface area (Å²) in [5, 5.41) is 6.61. The molecule has 72 valence electrons. The van der Waals surface area contributed by atoms with Crippen LogP contribution in [-0.4, -0.2) is 14.8 Å². The summed E-state index contributed by atoms with van der Waals surface area (Å²) < 4.78 is 3.51. The summed E-state index contributed by atoms with van der Waals surface area (Å²) in [6.07, 6.45) is 1.68. The third-order valence-electron chi connectivity index (χ3n) is 1.97. The average molecular weight is 270 g/mol. The molecule has 3 nitrogen and oxygen atoms in total. The number of hydrogen-bond donors (Lipinski definition) is 1. The normalized spacial score (nSPS) is 10.4. The fourth-order valence-corrected chi connectivity index (χ4v) is 1.98. The first-order chi connectivity index (χ1) is 6.68. The van der Waals surface area contributed by atoms with E-state index in [2.05, 4.69) is 26.1 Å². The largest absolute Gasteiger partial charge is 0.274 e. The van der Waals surface area contributed by atoms with Gasteiger partial charge in [0.2, 0.25) is 0 Å². The predicted octanol–water partition coefficient (Wildman–Crippen LogP) is 3.00. The van der Waals surface area contributed by atoms with Crippen LogP contribution in [0.25, 0.3) is 5.69 Å². The Morgan fingerprint density at radius 3 is 2.86 bits per heavy atom. The van der Waals surface area contributed by atoms with E-state index in [1.54, 1.807) is 6.33 Å². The Labute approximate surface area is 94.9 Å². The molecule has 1 aromatic carbocycles. The van der Waals surface area contributed by atoms with Crippen molar-refractivity contribution in [2.24, 2.45) is 0 Å². The number of aromatic amines is 1. The molecule has 0 amide bonds. The van der Waals surface area contributed by atoms with E-state index in [-0.39, 0.29) is 0 Å². The standard InChI is InChI=1S/C9H8BrN3S/c1-6-4-7(10)2-3-8(6)13-5-11-12-9(13)14/h2-5H,1H3,(H,12,14). The van der Waals surface area contributed by atoms with Crippen LogP contribution < -0.4 is 0 Å². The van der Waals surface area contributed by atoms with E-state index < -0.39 is 0 Å². The highest BCUT2D eigenvalue weighted by Gasteiger charge is 2.02. The van der Waals surface area contributed by atoms with Crippen LogP contribution in [-0.2, 0) is 0 Å². The molecule has 0 atom stereocenters. The van der Waals surface area contributed by atoms with E-state index in [4.69, 9.17) is 12.2 Å². The maximum atomic E-state index is 5.09. The Bertz CT molecular complexity index is 515. The van der Waals surface area contributed by atoms with Crippen LogP contribution in [0.15, 0.2) is 29.0 Å². The molecule has 0 aliphatic carbocycles. The van der Waals surface area contributed by atoms with Gasteiger partial charge in [-0.05, 0) is 42.9 Å². The summed E-state index contributed by atoms with van der Waals surface area (Å²) in [6, 6.07) is 6.03. The van der Waals surface area contributed by atoms with E-state index in [1.807, 2.05) is 29.7 Å². The van der Waals surface area contributed by atoms with Gasteiger partial charge in [-0.1, -0.05) is 15.9 Å². The van der Waals surface area contributed by atoms with E-state index in [0.29, 0.717) is 4.77 Å². The number of nitrogens with one attached hydrogen (secondary N) is 1. The summed E-state index contributed by atoms with van der Waals surface area (Å²) in [7, 11) is 0. The number of aromatic nitrogens is 3. The van der Waals surface area contributed by atoms with Crippen molar-refractivity contribution >= 4 is 28.1 Å². The fraction of sp³-hybridized carbons (Fsp3) is 0.111. The highest BCUT2D eigenvalue weighted by molar-refractivity contribution is 9.10. The van der Waals surface area contributed by atoms with Crippen LogP contribution in [0.3, 0.4) is 0 Å². The molecule has 5 heteroatoms. The molecule has 1 N–H and O–H groups in total. The second kappa shape index (κ2) is 3.67. The Hall–Kier alpha value is -0.940. The molecule has 2 aromatic rings. The van der Waals surface area contributed by atoms with E-state index >= 15 is 0 Å². The van der Waals surface area contributed by atoms with Crippen LogP contribution in [0.1, 0.15) is 5.56 Å². The Kier molecular flexibility index (Phi) is 2.52. The zero-order valence-electron chi connectivity index (χ0n) is 7.49. The van der Waals surface area contributed by atoms with Gasteiger partial charge in [-0.3, -0.25) is 9.67 Å². The number of benzene rings is 1. The van der Waals surface area contributed by atoms with Crippen molar-refractivity contribution in [1.29, 1.82) is 0 Å². The van der Waals surface area contributed by atoms with E-state index in [1.165, 1.54) is 0 Å². The molecule has 2 rings (SSSR count). The molecule has 0 fully saturated rings. The zero-order valence-corrected chi connectivity index (χ0v) is 9.89. The van der Waals surface area contributed by atoms with Crippen molar-refractivity contribution in [3.63, 3.8) is 0 Å². The zero-order chi connectivity index (χ0) is 10.1. The maximum absolute atomic E-state index is 5.09. The number of nitrogens with zero attached hydrogens (tertiary/aromatic N) is 2. The number of rotatable bonds is 1. The highest BCUT2D eigenvalue weighted by Crippen LogP contribution is 2.18. The molecule has 0 aliphatic heterocycles. The summed E-state index contributed by atoms with van der Waals surface area (Å²) in [6.45, 7) is 2.04. The first-order valence-electron chi connectivity index (χ1n) is 4.07. The molecule has 1 heterocycles. The van der Waals surface area contributed by atoms with Gasteiger partial charge < -0.3 is 0 Å². The van der Waals surface area contributed by atoms with Gasteiger partial charge in [-0.25, -0.2) is 0 Å². The number of aryl methyl sites for hydroxylation is 1. The van der Waals surface area contributed by atoms with Gasteiger partial charge in [0.25, 0.3) is 0 Å². The number of H-pyrrole nitrogens is 1. The number of halogens is 1. The van der Waals surface area contributed by atoms with Crippen molar-refractivity contribution in [2.45, 2.75) is 6.92 Å². The van der Waals surface area contributed by atoms with E-state index in [0.717, 1.165) is 15.7 Å². The minimum atomic E-state index is 0.607. The highest BCUT2D eigenvalue weighted by atomic mass is 79.9. The second-order valence-corrected chi connectivity index (χ2v) is 4.26. The molecule has 14 heavy (non-hydrogen) atoms. The summed E-state index contributed by atoms with van der Waals surface area (Å²) in [5.41, 5.74) is 2.20. The summed E-state index contributed by atoms with van der Waals surface area (Å²) in [4.78, 5) is 0. The predicted molar refractivity (Wildman–Crippen MR) is 61.2 cm³/mol. The maximum Gasteiger partial charge on any atom is 0.199 e. The molecule has 0 aliphatic rings. The topological polar surface area (TPSA) is 33.6 Å². The molecular formula is C9H8BrN3S. The third-order valence-corrected chi connectivity index (χ3v) is 2.75. The second-order valence-electron chi connectivity index (χ2n) is 2.96. The molecule has 0 unspecified atom stereocenters. The minimum Gasteiger partial charge on any atom is -0.274 e. The lowest BCUT2D eigenvalue weighted by Gasteiger charge is -2.05. The quantitative estimate of drug-likeness (QED) is 0.808. The Morgan fingerprint density at radius 1 is 1.50 bits per heavy atom. The lowest BCUT2D eigenvalue weighted by molar-refractivity contribution is 1.02. The van der Waals surface area contributed by atoms with Crippen LogP contribution >= 0.6 is 28.1 Å². The molecule has 0 radical (unpaired) electrons. The van der Waals surface area contributed by atoms with Gasteiger partial charge in [-0.2, -0.15) is 5.10 Å². The smallest absolute Gasteiger partial charge is 0.199 e. The van der Waals surface area contributed by atoms with Crippen LogP contribution in [0, 0.1) is 11.7 Å². The molecule has 0 spiro atoms.